The zero-order valence-corrected chi connectivity index (χ0v) is 12.5. The fraction of sp³-hybridized carbons (Fsp3) is 0.529. The first-order valence-corrected chi connectivity index (χ1v) is 7.83. The Kier molecular flexibility index (Phi) is 3.81. The highest BCUT2D eigenvalue weighted by atomic mass is 16.2. The molecule has 1 saturated heterocycles. The molecular weight excluding hydrogens is 264 g/mol. The summed E-state index contributed by atoms with van der Waals surface area (Å²) in [5, 5.41) is 3.26. The van der Waals surface area contributed by atoms with E-state index >= 15 is 0 Å². The molecule has 3 rings (SSSR count). The number of benzene rings is 1. The van der Waals surface area contributed by atoms with Crippen molar-refractivity contribution in [1.29, 1.82) is 0 Å². The van der Waals surface area contributed by atoms with Crippen molar-refractivity contribution in [3.05, 3.63) is 29.8 Å². The molecule has 21 heavy (non-hydrogen) atoms. The van der Waals surface area contributed by atoms with Crippen LogP contribution in [0.25, 0.3) is 0 Å². The maximum absolute atomic E-state index is 12.7. The first-order valence-electron chi connectivity index (χ1n) is 7.83. The lowest BCUT2D eigenvalue weighted by Crippen LogP contribution is -2.34. The Bertz CT molecular complexity index is 544. The summed E-state index contributed by atoms with van der Waals surface area (Å²) in [7, 11) is 0. The normalized spacial score (nSPS) is 20.7. The van der Waals surface area contributed by atoms with Crippen molar-refractivity contribution in [1.82, 2.24) is 5.32 Å². The molecule has 1 aromatic carbocycles. The van der Waals surface area contributed by atoms with Crippen molar-refractivity contribution in [3.63, 3.8) is 0 Å². The highest BCUT2D eigenvalue weighted by Gasteiger charge is 2.52. The third-order valence-corrected chi connectivity index (χ3v) is 4.73. The number of carbonyl (C=O) groups excluding carboxylic acids is 2. The van der Waals surface area contributed by atoms with Crippen LogP contribution < -0.4 is 10.2 Å². The van der Waals surface area contributed by atoms with E-state index in [-0.39, 0.29) is 17.2 Å². The van der Waals surface area contributed by atoms with Gasteiger partial charge in [0.05, 0.1) is 11.1 Å². The van der Waals surface area contributed by atoms with Crippen molar-refractivity contribution in [2.75, 3.05) is 11.4 Å². The molecule has 0 aromatic heterocycles. The van der Waals surface area contributed by atoms with E-state index < -0.39 is 0 Å². The van der Waals surface area contributed by atoms with E-state index in [4.69, 9.17) is 0 Å². The molecule has 1 N–H and O–H groups in total. The molecule has 4 nitrogen and oxygen atoms in total. The number of imide groups is 1. The van der Waals surface area contributed by atoms with Gasteiger partial charge in [-0.1, -0.05) is 31.9 Å². The Labute approximate surface area is 125 Å². The molecule has 0 radical (unpaired) electrons. The first-order chi connectivity index (χ1) is 10.2. The molecule has 2 aliphatic rings. The molecule has 2 fully saturated rings. The van der Waals surface area contributed by atoms with E-state index in [1.54, 1.807) is 0 Å². The minimum atomic E-state index is -0.389. The highest BCUT2D eigenvalue weighted by Crippen LogP contribution is 2.47. The molecule has 4 heteroatoms. The molecule has 1 saturated carbocycles. The lowest BCUT2D eigenvalue weighted by atomic mass is 9.84. The topological polar surface area (TPSA) is 49.4 Å². The van der Waals surface area contributed by atoms with E-state index in [0.29, 0.717) is 12.1 Å². The molecule has 1 aromatic rings. The van der Waals surface area contributed by atoms with E-state index in [1.807, 2.05) is 24.3 Å². The fourth-order valence-corrected chi connectivity index (χ4v) is 3.53. The van der Waals surface area contributed by atoms with Crippen LogP contribution in [0, 0.1) is 5.41 Å². The van der Waals surface area contributed by atoms with Gasteiger partial charge in [-0.15, -0.1) is 0 Å². The molecular formula is C17H22N2O2. The summed E-state index contributed by atoms with van der Waals surface area (Å²) in [6.07, 6.45) is 4.26. The second-order valence-electron chi connectivity index (χ2n) is 6.15. The Morgan fingerprint density at radius 3 is 2.43 bits per heavy atom. The number of nitrogens with zero attached hydrogens (tertiary/aromatic N) is 1. The van der Waals surface area contributed by atoms with Gasteiger partial charge < -0.3 is 5.32 Å². The van der Waals surface area contributed by atoms with Gasteiger partial charge in [0.1, 0.15) is 0 Å². The van der Waals surface area contributed by atoms with E-state index in [0.717, 1.165) is 44.3 Å². The highest BCUT2D eigenvalue weighted by molar-refractivity contribution is 6.22. The van der Waals surface area contributed by atoms with Gasteiger partial charge in [0.15, 0.2) is 0 Å². The minimum absolute atomic E-state index is 0.0180. The van der Waals surface area contributed by atoms with Gasteiger partial charge in [-0.2, -0.15) is 0 Å². The number of hydrogen-bond acceptors (Lipinski definition) is 3. The van der Waals surface area contributed by atoms with Crippen molar-refractivity contribution < 1.29 is 9.59 Å². The van der Waals surface area contributed by atoms with Gasteiger partial charge in [0.25, 0.3) is 0 Å². The van der Waals surface area contributed by atoms with Gasteiger partial charge in [0.2, 0.25) is 11.8 Å². The predicted octanol–water partition coefficient (Wildman–Crippen LogP) is 2.62. The van der Waals surface area contributed by atoms with Crippen molar-refractivity contribution in [2.24, 2.45) is 5.41 Å². The standard InChI is InChI=1S/C17H22N2O2/c1-2-18-12-13-5-7-14(8-6-13)19-15(20)11-17(16(19)21)9-3-4-10-17/h5-8,18H,2-4,9-12H2,1H3. The van der Waals surface area contributed by atoms with Crippen molar-refractivity contribution in [2.45, 2.75) is 45.6 Å². The zero-order chi connectivity index (χ0) is 14.9. The van der Waals surface area contributed by atoms with E-state index in [9.17, 15) is 9.59 Å². The maximum atomic E-state index is 12.7. The van der Waals surface area contributed by atoms with Gasteiger partial charge in [-0.25, -0.2) is 0 Å². The van der Waals surface area contributed by atoms with Crippen LogP contribution in [0.1, 0.15) is 44.6 Å². The average Bonchev–Trinajstić information content (AvgIpc) is 3.04. The molecule has 0 bridgehead atoms. The molecule has 1 aliphatic heterocycles. The molecule has 1 heterocycles. The van der Waals surface area contributed by atoms with E-state index in [1.165, 1.54) is 4.90 Å². The maximum Gasteiger partial charge on any atom is 0.240 e. The third-order valence-electron chi connectivity index (χ3n) is 4.73. The SMILES string of the molecule is CCNCc1ccc(N2C(=O)CC3(CCCC3)C2=O)cc1. The van der Waals surface area contributed by atoms with Gasteiger partial charge in [0, 0.05) is 13.0 Å². The Balaban J connectivity index is 1.80. The second-order valence-corrected chi connectivity index (χ2v) is 6.15. The van der Waals surface area contributed by atoms with Crippen LogP contribution in [-0.2, 0) is 16.1 Å². The van der Waals surface area contributed by atoms with Crippen LogP contribution >= 0.6 is 0 Å². The number of rotatable bonds is 4. The van der Waals surface area contributed by atoms with Gasteiger partial charge >= 0.3 is 0 Å². The van der Waals surface area contributed by atoms with Crippen LogP contribution in [0.2, 0.25) is 0 Å². The van der Waals surface area contributed by atoms with Crippen LogP contribution in [0.15, 0.2) is 24.3 Å². The third kappa shape index (κ3) is 2.48. The Hall–Kier alpha value is -1.68. The Morgan fingerprint density at radius 2 is 1.81 bits per heavy atom. The van der Waals surface area contributed by atoms with Crippen LogP contribution in [0.3, 0.4) is 0 Å². The minimum Gasteiger partial charge on any atom is -0.313 e. The van der Waals surface area contributed by atoms with Gasteiger partial charge in [-0.05, 0) is 37.1 Å². The largest absolute Gasteiger partial charge is 0.313 e. The van der Waals surface area contributed by atoms with Crippen LogP contribution in [0.5, 0.6) is 0 Å². The molecule has 2 amide bonds. The monoisotopic (exact) mass is 286 g/mol. The molecule has 112 valence electrons. The lowest BCUT2D eigenvalue weighted by Gasteiger charge is -2.21. The van der Waals surface area contributed by atoms with E-state index in [2.05, 4.69) is 12.2 Å². The summed E-state index contributed by atoms with van der Waals surface area (Å²) < 4.78 is 0. The van der Waals surface area contributed by atoms with Crippen molar-refractivity contribution in [3.8, 4) is 0 Å². The summed E-state index contributed by atoms with van der Waals surface area (Å²) in [4.78, 5) is 26.4. The average molecular weight is 286 g/mol. The summed E-state index contributed by atoms with van der Waals surface area (Å²) in [6.45, 7) is 3.80. The molecule has 1 aliphatic carbocycles. The first kappa shape index (κ1) is 14.3. The zero-order valence-electron chi connectivity index (χ0n) is 12.5. The number of hydrogen-bond donors (Lipinski definition) is 1. The second kappa shape index (κ2) is 5.60. The quantitative estimate of drug-likeness (QED) is 0.866. The van der Waals surface area contributed by atoms with Crippen LogP contribution in [-0.4, -0.2) is 18.4 Å². The predicted molar refractivity (Wildman–Crippen MR) is 81.8 cm³/mol. The summed E-state index contributed by atoms with van der Waals surface area (Å²) in [5.74, 6) is -0.0224. The number of nitrogens with one attached hydrogen (secondary N) is 1. The fourth-order valence-electron chi connectivity index (χ4n) is 3.53. The number of amides is 2. The molecule has 0 atom stereocenters. The van der Waals surface area contributed by atoms with Crippen LogP contribution in [0.4, 0.5) is 5.69 Å². The smallest absolute Gasteiger partial charge is 0.240 e. The summed E-state index contributed by atoms with van der Waals surface area (Å²) >= 11 is 0. The molecule has 0 unspecified atom stereocenters. The van der Waals surface area contributed by atoms with Gasteiger partial charge in [-0.3, -0.25) is 14.5 Å². The lowest BCUT2D eigenvalue weighted by molar-refractivity contribution is -0.125. The number of carbonyl (C=O) groups is 2. The molecule has 1 spiro atoms. The Morgan fingerprint density at radius 1 is 1.14 bits per heavy atom. The summed E-state index contributed by atoms with van der Waals surface area (Å²) in [5.41, 5.74) is 1.49. The summed E-state index contributed by atoms with van der Waals surface area (Å²) in [6, 6.07) is 7.74. The van der Waals surface area contributed by atoms with Crippen molar-refractivity contribution >= 4 is 17.5 Å². The number of anilines is 1.